The van der Waals surface area contributed by atoms with Crippen molar-refractivity contribution in [2.24, 2.45) is 4.99 Å². The molecule has 0 radical (unpaired) electrons. The van der Waals surface area contributed by atoms with E-state index in [0.29, 0.717) is 36.1 Å². The lowest BCUT2D eigenvalue weighted by Gasteiger charge is -2.13. The van der Waals surface area contributed by atoms with Crippen LogP contribution in [0.25, 0.3) is 0 Å². The number of hydrogen-bond donors (Lipinski definition) is 3. The number of carbonyl (C=O) groups excluding carboxylic acids is 1. The first-order valence-corrected chi connectivity index (χ1v) is 10.2. The number of halogens is 1. The Morgan fingerprint density at radius 3 is 2.62 bits per heavy atom. The lowest BCUT2D eigenvalue weighted by atomic mass is 10.1. The summed E-state index contributed by atoms with van der Waals surface area (Å²) in [6, 6.07) is 13.3. The predicted molar refractivity (Wildman–Crippen MR) is 139 cm³/mol. The molecule has 7 nitrogen and oxygen atoms in total. The molecule has 0 unspecified atom stereocenters. The summed E-state index contributed by atoms with van der Waals surface area (Å²) >= 11 is 0. The SMILES string of the molecule is C#CCOc1cc(CN=C(NCC)NCCc2cccc(C(=O)NC)c2)ccc1OC.I. The van der Waals surface area contributed by atoms with Crippen LogP contribution in [0.2, 0.25) is 0 Å². The Morgan fingerprint density at radius 1 is 1.12 bits per heavy atom. The third-order valence-corrected chi connectivity index (χ3v) is 4.43. The highest BCUT2D eigenvalue weighted by molar-refractivity contribution is 14.0. The zero-order chi connectivity index (χ0) is 22.5. The molecule has 0 saturated carbocycles. The standard InChI is InChI=1S/C24H30N4O3.HI/c1-5-14-31-22-16-19(10-11-21(22)30-4)17-28-24(26-6-2)27-13-12-18-8-7-9-20(15-18)23(29)25-3;/h1,7-11,15-16H,6,12-14,17H2,2-4H3,(H,25,29)(H2,26,27,28);1H. The van der Waals surface area contributed by atoms with Gasteiger partial charge < -0.3 is 25.4 Å². The topological polar surface area (TPSA) is 84.0 Å². The molecule has 0 aliphatic rings. The van der Waals surface area contributed by atoms with Crippen LogP contribution in [0.15, 0.2) is 47.5 Å². The quantitative estimate of drug-likeness (QED) is 0.184. The molecule has 0 atom stereocenters. The molecule has 32 heavy (non-hydrogen) atoms. The molecule has 0 fully saturated rings. The predicted octanol–water partition coefficient (Wildman–Crippen LogP) is 2.98. The number of guanidine groups is 1. The van der Waals surface area contributed by atoms with Crippen LogP contribution in [0.1, 0.15) is 28.4 Å². The van der Waals surface area contributed by atoms with E-state index < -0.39 is 0 Å². The first kappa shape index (κ1) is 27.1. The van der Waals surface area contributed by atoms with Gasteiger partial charge in [-0.1, -0.05) is 24.1 Å². The van der Waals surface area contributed by atoms with E-state index in [1.807, 2.05) is 43.3 Å². The number of amides is 1. The van der Waals surface area contributed by atoms with Crippen LogP contribution in [0.4, 0.5) is 0 Å². The molecule has 172 valence electrons. The molecular weight excluding hydrogens is 519 g/mol. The minimum absolute atomic E-state index is 0. The molecule has 0 spiro atoms. The summed E-state index contributed by atoms with van der Waals surface area (Å²) in [7, 11) is 3.22. The van der Waals surface area contributed by atoms with Gasteiger partial charge in [-0.05, 0) is 48.7 Å². The molecule has 0 bridgehead atoms. The van der Waals surface area contributed by atoms with Crippen LogP contribution in [0.3, 0.4) is 0 Å². The van der Waals surface area contributed by atoms with Crippen LogP contribution in [0.5, 0.6) is 11.5 Å². The van der Waals surface area contributed by atoms with Crippen LogP contribution >= 0.6 is 24.0 Å². The molecule has 0 aromatic heterocycles. The molecule has 0 aliphatic heterocycles. The van der Waals surface area contributed by atoms with Gasteiger partial charge in [0.25, 0.3) is 5.91 Å². The highest BCUT2D eigenvalue weighted by Crippen LogP contribution is 2.28. The monoisotopic (exact) mass is 550 g/mol. The molecule has 8 heteroatoms. The highest BCUT2D eigenvalue weighted by atomic mass is 127. The first-order chi connectivity index (χ1) is 15.1. The number of hydrogen-bond acceptors (Lipinski definition) is 4. The van der Waals surface area contributed by atoms with Gasteiger partial charge >= 0.3 is 0 Å². The van der Waals surface area contributed by atoms with Crippen molar-refractivity contribution in [2.45, 2.75) is 19.9 Å². The van der Waals surface area contributed by atoms with Gasteiger partial charge in [0, 0.05) is 25.7 Å². The molecule has 2 aromatic carbocycles. The Bertz CT molecular complexity index is 941. The van der Waals surface area contributed by atoms with Crippen molar-refractivity contribution in [1.82, 2.24) is 16.0 Å². The number of aliphatic imine (C=N–C) groups is 1. The minimum atomic E-state index is -0.0882. The first-order valence-electron chi connectivity index (χ1n) is 10.2. The van der Waals surface area contributed by atoms with E-state index in [2.05, 4.69) is 26.9 Å². The molecule has 0 saturated heterocycles. The van der Waals surface area contributed by atoms with Gasteiger partial charge in [0.05, 0.1) is 13.7 Å². The zero-order valence-electron chi connectivity index (χ0n) is 18.7. The van der Waals surface area contributed by atoms with Gasteiger partial charge in [0.15, 0.2) is 17.5 Å². The second-order valence-corrected chi connectivity index (χ2v) is 6.63. The lowest BCUT2D eigenvalue weighted by molar-refractivity contribution is 0.0963. The van der Waals surface area contributed by atoms with Gasteiger partial charge in [-0.15, -0.1) is 30.4 Å². The van der Waals surface area contributed by atoms with Crippen molar-refractivity contribution in [3.8, 4) is 23.8 Å². The number of benzene rings is 2. The Labute approximate surface area is 207 Å². The Balaban J connectivity index is 0.00000512. The van der Waals surface area contributed by atoms with E-state index in [1.54, 1.807) is 20.2 Å². The fourth-order valence-electron chi connectivity index (χ4n) is 2.90. The fraction of sp³-hybridized carbons (Fsp3) is 0.333. The molecule has 0 aliphatic carbocycles. The Hall–Kier alpha value is -2.93. The largest absolute Gasteiger partial charge is 0.493 e. The van der Waals surface area contributed by atoms with Crippen molar-refractivity contribution in [3.63, 3.8) is 0 Å². The summed E-state index contributed by atoms with van der Waals surface area (Å²) in [4.78, 5) is 16.4. The zero-order valence-corrected chi connectivity index (χ0v) is 21.1. The molecule has 0 heterocycles. The summed E-state index contributed by atoms with van der Waals surface area (Å²) in [5.41, 5.74) is 2.71. The van der Waals surface area contributed by atoms with Gasteiger partial charge in [0.2, 0.25) is 0 Å². The van der Waals surface area contributed by atoms with E-state index in [0.717, 1.165) is 24.1 Å². The van der Waals surface area contributed by atoms with Crippen LogP contribution < -0.4 is 25.4 Å². The maximum absolute atomic E-state index is 11.8. The molecule has 3 N–H and O–H groups in total. The van der Waals surface area contributed by atoms with E-state index in [9.17, 15) is 4.79 Å². The maximum atomic E-state index is 11.8. The lowest BCUT2D eigenvalue weighted by Crippen LogP contribution is -2.38. The summed E-state index contributed by atoms with van der Waals surface area (Å²) in [6.07, 6.45) is 6.05. The maximum Gasteiger partial charge on any atom is 0.251 e. The molecule has 1 amide bonds. The van der Waals surface area contributed by atoms with Gasteiger partial charge in [-0.25, -0.2) is 4.99 Å². The van der Waals surface area contributed by atoms with E-state index in [1.165, 1.54) is 0 Å². The number of methoxy groups -OCH3 is 1. The van der Waals surface area contributed by atoms with E-state index in [-0.39, 0.29) is 36.5 Å². The highest BCUT2D eigenvalue weighted by Gasteiger charge is 2.07. The smallest absolute Gasteiger partial charge is 0.251 e. The van der Waals surface area contributed by atoms with Crippen LogP contribution in [-0.4, -0.2) is 45.7 Å². The number of nitrogens with one attached hydrogen (secondary N) is 3. The van der Waals surface area contributed by atoms with Gasteiger partial charge in [0.1, 0.15) is 6.61 Å². The molecule has 2 rings (SSSR count). The van der Waals surface area contributed by atoms with E-state index in [4.69, 9.17) is 15.9 Å². The van der Waals surface area contributed by atoms with Crippen molar-refractivity contribution in [1.29, 1.82) is 0 Å². The summed E-state index contributed by atoms with van der Waals surface area (Å²) in [5.74, 6) is 4.31. The van der Waals surface area contributed by atoms with Gasteiger partial charge in [-0.2, -0.15) is 0 Å². The third kappa shape index (κ3) is 8.67. The summed E-state index contributed by atoms with van der Waals surface area (Å²) in [5, 5.41) is 9.22. The van der Waals surface area contributed by atoms with Crippen molar-refractivity contribution >= 4 is 35.8 Å². The number of terminal acetylenes is 1. The minimum Gasteiger partial charge on any atom is -0.493 e. The molecule has 2 aromatic rings. The normalized spacial score (nSPS) is 10.4. The second-order valence-electron chi connectivity index (χ2n) is 6.63. The number of rotatable bonds is 10. The third-order valence-electron chi connectivity index (χ3n) is 4.43. The Morgan fingerprint density at radius 2 is 1.94 bits per heavy atom. The number of ether oxygens (including phenoxy) is 2. The average molecular weight is 550 g/mol. The number of nitrogens with zero attached hydrogens (tertiary/aromatic N) is 1. The van der Waals surface area contributed by atoms with Crippen molar-refractivity contribution in [3.05, 3.63) is 59.2 Å². The van der Waals surface area contributed by atoms with Crippen molar-refractivity contribution in [2.75, 3.05) is 33.9 Å². The Kier molecular flexibility index (Phi) is 12.7. The number of carbonyl (C=O) groups is 1. The second kappa shape index (κ2) is 15.0. The summed E-state index contributed by atoms with van der Waals surface area (Å²) in [6.45, 7) is 4.09. The average Bonchev–Trinajstić information content (AvgIpc) is 2.80. The summed E-state index contributed by atoms with van der Waals surface area (Å²) < 4.78 is 10.9. The molecular formula is C24H31IN4O3. The van der Waals surface area contributed by atoms with Gasteiger partial charge in [-0.3, -0.25) is 4.79 Å². The van der Waals surface area contributed by atoms with Crippen LogP contribution in [-0.2, 0) is 13.0 Å². The van der Waals surface area contributed by atoms with Crippen LogP contribution in [0, 0.1) is 12.3 Å². The van der Waals surface area contributed by atoms with E-state index >= 15 is 0 Å². The van der Waals surface area contributed by atoms with Crippen molar-refractivity contribution < 1.29 is 14.3 Å². The fourth-order valence-corrected chi connectivity index (χ4v) is 2.90.